The molecule has 1 heterocycles. The third-order valence-electron chi connectivity index (χ3n) is 5.67. The van der Waals surface area contributed by atoms with Gasteiger partial charge in [0.15, 0.2) is 17.5 Å². The van der Waals surface area contributed by atoms with Gasteiger partial charge in [-0.2, -0.15) is 11.8 Å². The Balaban J connectivity index is 0.00000280. The summed E-state index contributed by atoms with van der Waals surface area (Å²) >= 11 is 2.06. The molecule has 3 rings (SSSR count). The van der Waals surface area contributed by atoms with Gasteiger partial charge in [-0.1, -0.05) is 19.3 Å². The maximum atomic E-state index is 6.22. The number of halogens is 1. The molecule has 1 aliphatic carbocycles. The number of aliphatic imine (C=N–C) groups is 1. The number of benzene rings is 1. The molecular formula is C20H33IN4O2S. The number of methoxy groups -OCH3 is 2. The average molecular weight is 520 g/mol. The fraction of sp³-hybridized carbons (Fsp3) is 0.650. The van der Waals surface area contributed by atoms with Gasteiger partial charge < -0.3 is 20.5 Å². The average Bonchev–Trinajstić information content (AvgIpc) is 2.73. The summed E-state index contributed by atoms with van der Waals surface area (Å²) in [6.45, 7) is 3.11. The normalized spacial score (nSPS) is 20.1. The molecule has 0 spiro atoms. The number of anilines is 1. The molecule has 1 aliphatic heterocycles. The Morgan fingerprint density at radius 3 is 2.46 bits per heavy atom. The number of hydrogen-bond acceptors (Lipinski definition) is 5. The quantitative estimate of drug-likeness (QED) is 0.338. The van der Waals surface area contributed by atoms with Crippen molar-refractivity contribution in [3.63, 3.8) is 0 Å². The smallest absolute Gasteiger partial charge is 0.193 e. The molecular weight excluding hydrogens is 487 g/mol. The summed E-state index contributed by atoms with van der Waals surface area (Å²) in [5.41, 5.74) is 7.25. The van der Waals surface area contributed by atoms with Crippen molar-refractivity contribution in [2.75, 3.05) is 50.7 Å². The number of rotatable bonds is 6. The van der Waals surface area contributed by atoms with Crippen LogP contribution in [-0.2, 0) is 0 Å². The Labute approximate surface area is 190 Å². The van der Waals surface area contributed by atoms with Gasteiger partial charge in [0.2, 0.25) is 0 Å². The molecule has 0 bridgehead atoms. The van der Waals surface area contributed by atoms with Gasteiger partial charge in [0, 0.05) is 41.9 Å². The predicted octanol–water partition coefficient (Wildman–Crippen LogP) is 3.80. The molecule has 28 heavy (non-hydrogen) atoms. The van der Waals surface area contributed by atoms with Crippen molar-refractivity contribution >= 4 is 47.4 Å². The molecule has 0 atom stereocenters. The number of thioether (sulfide) groups is 1. The minimum absolute atomic E-state index is 0. The van der Waals surface area contributed by atoms with E-state index in [2.05, 4.69) is 22.0 Å². The van der Waals surface area contributed by atoms with Crippen molar-refractivity contribution < 1.29 is 9.47 Å². The summed E-state index contributed by atoms with van der Waals surface area (Å²) in [4.78, 5) is 7.43. The van der Waals surface area contributed by atoms with Crippen molar-refractivity contribution in [1.29, 1.82) is 0 Å². The van der Waals surface area contributed by atoms with Crippen LogP contribution < -0.4 is 20.5 Å². The van der Waals surface area contributed by atoms with Crippen LogP contribution in [0.2, 0.25) is 0 Å². The number of nitrogens with one attached hydrogen (secondary N) is 1. The molecule has 2 fully saturated rings. The van der Waals surface area contributed by atoms with Crippen LogP contribution in [0.5, 0.6) is 11.5 Å². The van der Waals surface area contributed by atoms with E-state index in [0.29, 0.717) is 17.5 Å². The monoisotopic (exact) mass is 520 g/mol. The highest BCUT2D eigenvalue weighted by molar-refractivity contribution is 14.0. The first-order valence-corrected chi connectivity index (χ1v) is 10.9. The molecule has 0 unspecified atom stereocenters. The highest BCUT2D eigenvalue weighted by atomic mass is 127. The zero-order valence-electron chi connectivity index (χ0n) is 16.9. The first-order chi connectivity index (χ1) is 13.2. The summed E-state index contributed by atoms with van der Waals surface area (Å²) in [5.74, 6) is 4.28. The second-order valence-electron chi connectivity index (χ2n) is 7.28. The summed E-state index contributed by atoms with van der Waals surface area (Å²) in [7, 11) is 3.26. The summed E-state index contributed by atoms with van der Waals surface area (Å²) in [5, 5.41) is 3.20. The Hall–Kier alpha value is -0.870. The SMILES string of the molecule is COc1ccc(NC(N)=NCC2(N3CCSCC3)CCCCC2)cc1OC.I. The molecule has 0 radical (unpaired) electrons. The van der Waals surface area contributed by atoms with Crippen molar-refractivity contribution in [3.8, 4) is 11.5 Å². The van der Waals surface area contributed by atoms with Gasteiger partial charge in [0.25, 0.3) is 0 Å². The maximum Gasteiger partial charge on any atom is 0.193 e. The van der Waals surface area contributed by atoms with Gasteiger partial charge in [0.1, 0.15) is 0 Å². The van der Waals surface area contributed by atoms with Crippen molar-refractivity contribution in [1.82, 2.24) is 4.90 Å². The van der Waals surface area contributed by atoms with Crippen LogP contribution in [-0.4, -0.2) is 61.8 Å². The molecule has 2 aliphatic rings. The van der Waals surface area contributed by atoms with Gasteiger partial charge in [0.05, 0.1) is 20.8 Å². The molecule has 0 aromatic heterocycles. The van der Waals surface area contributed by atoms with E-state index in [0.717, 1.165) is 12.2 Å². The molecule has 158 valence electrons. The fourth-order valence-corrected chi connectivity index (χ4v) is 5.06. The summed E-state index contributed by atoms with van der Waals surface area (Å²) in [6.07, 6.45) is 6.38. The van der Waals surface area contributed by atoms with Crippen LogP contribution in [0.15, 0.2) is 23.2 Å². The van der Waals surface area contributed by atoms with E-state index in [-0.39, 0.29) is 29.5 Å². The fourth-order valence-electron chi connectivity index (χ4n) is 4.16. The third-order valence-corrected chi connectivity index (χ3v) is 6.61. The number of guanidine groups is 1. The molecule has 1 saturated heterocycles. The van der Waals surface area contributed by atoms with Crippen molar-refractivity contribution in [2.24, 2.45) is 10.7 Å². The second-order valence-corrected chi connectivity index (χ2v) is 8.51. The molecule has 1 aromatic carbocycles. The van der Waals surface area contributed by atoms with Crippen LogP contribution in [0.1, 0.15) is 32.1 Å². The standard InChI is InChI=1S/C20H32N4O2S.HI/c1-25-17-7-6-16(14-18(17)26-2)23-19(21)22-15-20(8-4-3-5-9-20)24-10-12-27-13-11-24;/h6-7,14H,3-5,8-13,15H2,1-2H3,(H3,21,22,23);1H. The maximum absolute atomic E-state index is 6.22. The van der Waals surface area contributed by atoms with Gasteiger partial charge in [-0.15, -0.1) is 24.0 Å². The van der Waals surface area contributed by atoms with Crippen LogP contribution >= 0.6 is 35.7 Å². The van der Waals surface area contributed by atoms with Crippen LogP contribution in [0, 0.1) is 0 Å². The Kier molecular flexibility index (Phi) is 9.49. The van der Waals surface area contributed by atoms with E-state index in [9.17, 15) is 0 Å². The molecule has 3 N–H and O–H groups in total. The largest absolute Gasteiger partial charge is 0.493 e. The Morgan fingerprint density at radius 1 is 1.14 bits per heavy atom. The molecule has 8 heteroatoms. The topological polar surface area (TPSA) is 72.1 Å². The van der Waals surface area contributed by atoms with Gasteiger partial charge in [-0.25, -0.2) is 0 Å². The minimum atomic E-state index is 0. The van der Waals surface area contributed by atoms with E-state index in [1.54, 1.807) is 14.2 Å². The third kappa shape index (κ3) is 5.82. The first kappa shape index (κ1) is 23.4. The van der Waals surface area contributed by atoms with Crippen molar-refractivity contribution in [3.05, 3.63) is 18.2 Å². The lowest BCUT2D eigenvalue weighted by molar-refractivity contribution is 0.0673. The Bertz CT molecular complexity index is 647. The first-order valence-electron chi connectivity index (χ1n) is 9.79. The number of nitrogens with zero attached hydrogens (tertiary/aromatic N) is 2. The van der Waals surface area contributed by atoms with Crippen LogP contribution in [0.4, 0.5) is 5.69 Å². The van der Waals surface area contributed by atoms with Gasteiger partial charge >= 0.3 is 0 Å². The van der Waals surface area contributed by atoms with E-state index < -0.39 is 0 Å². The minimum Gasteiger partial charge on any atom is -0.493 e. The van der Waals surface area contributed by atoms with Gasteiger partial charge in [-0.3, -0.25) is 9.89 Å². The summed E-state index contributed by atoms with van der Waals surface area (Å²) < 4.78 is 10.6. The van der Waals surface area contributed by atoms with E-state index in [1.165, 1.54) is 56.7 Å². The molecule has 1 saturated carbocycles. The van der Waals surface area contributed by atoms with Gasteiger partial charge in [-0.05, 0) is 25.0 Å². The molecule has 1 aromatic rings. The van der Waals surface area contributed by atoms with Crippen molar-refractivity contribution in [2.45, 2.75) is 37.6 Å². The predicted molar refractivity (Wildman–Crippen MR) is 130 cm³/mol. The lowest BCUT2D eigenvalue weighted by atomic mass is 9.80. The second kappa shape index (κ2) is 11.3. The van der Waals surface area contributed by atoms with E-state index in [4.69, 9.17) is 20.2 Å². The zero-order valence-corrected chi connectivity index (χ0v) is 20.1. The Morgan fingerprint density at radius 2 is 1.82 bits per heavy atom. The lowest BCUT2D eigenvalue weighted by Crippen LogP contribution is -2.55. The van der Waals surface area contributed by atoms with Crippen LogP contribution in [0.25, 0.3) is 0 Å². The van der Waals surface area contributed by atoms with Crippen LogP contribution in [0.3, 0.4) is 0 Å². The van der Waals surface area contributed by atoms with E-state index >= 15 is 0 Å². The summed E-state index contributed by atoms with van der Waals surface area (Å²) in [6, 6.07) is 5.66. The number of nitrogens with two attached hydrogens (primary N) is 1. The highest BCUT2D eigenvalue weighted by Crippen LogP contribution is 2.35. The highest BCUT2D eigenvalue weighted by Gasteiger charge is 2.38. The zero-order chi connectivity index (χ0) is 19.1. The molecule has 6 nitrogen and oxygen atoms in total. The van der Waals surface area contributed by atoms with E-state index in [1.807, 2.05) is 18.2 Å². The number of hydrogen-bond donors (Lipinski definition) is 2. The number of ether oxygens (including phenoxy) is 2. The molecule has 0 amide bonds. The lowest BCUT2D eigenvalue weighted by Gasteiger charge is -2.47.